The van der Waals surface area contributed by atoms with Gasteiger partial charge in [0, 0.05) is 18.7 Å². The van der Waals surface area contributed by atoms with Crippen LogP contribution in [0.4, 0.5) is 10.1 Å². The Bertz CT molecular complexity index is 1200. The van der Waals surface area contributed by atoms with E-state index < -0.39 is 11.7 Å². The maximum Gasteiger partial charge on any atom is 0.268 e. The first-order valence-corrected chi connectivity index (χ1v) is 9.37. The van der Waals surface area contributed by atoms with E-state index in [-0.39, 0.29) is 20.7 Å². The summed E-state index contributed by atoms with van der Waals surface area (Å²) < 4.78 is 21.2. The fraction of sp³-hybridized carbons (Fsp3) is 0.100. The van der Waals surface area contributed by atoms with Gasteiger partial charge >= 0.3 is 0 Å². The van der Waals surface area contributed by atoms with Gasteiger partial charge in [0.2, 0.25) is 0 Å². The zero-order chi connectivity index (χ0) is 20.3. The second-order valence-corrected chi connectivity index (χ2v) is 7.25. The molecule has 5 nitrogen and oxygen atoms in total. The Morgan fingerprint density at radius 1 is 1.25 bits per heavy atom. The van der Waals surface area contributed by atoms with Crippen molar-refractivity contribution in [3.63, 3.8) is 0 Å². The van der Waals surface area contributed by atoms with E-state index in [2.05, 4.69) is 5.32 Å². The molecule has 3 aromatic rings. The molecule has 0 fully saturated rings. The molecule has 0 saturated heterocycles. The summed E-state index contributed by atoms with van der Waals surface area (Å²) in [5, 5.41) is 2.92. The van der Waals surface area contributed by atoms with E-state index in [4.69, 9.17) is 16.3 Å². The molecule has 1 aromatic heterocycles. The summed E-state index contributed by atoms with van der Waals surface area (Å²) in [6, 6.07) is 11.3. The number of methoxy groups -OCH3 is 1. The number of nitrogens with one attached hydrogen (secondary N) is 1. The number of rotatable bonds is 4. The minimum Gasteiger partial charge on any atom is -0.495 e. The topological polar surface area (TPSA) is 60.3 Å². The minimum absolute atomic E-state index is 0.133. The summed E-state index contributed by atoms with van der Waals surface area (Å²) in [5.74, 6) is -0.424. The Morgan fingerprint density at radius 3 is 2.71 bits per heavy atom. The second kappa shape index (κ2) is 8.41. The minimum atomic E-state index is -0.526. The monoisotopic (exact) mass is 418 g/mol. The Labute approximate surface area is 169 Å². The molecule has 0 atom stereocenters. The average molecular weight is 419 g/mol. The van der Waals surface area contributed by atoms with E-state index in [1.807, 2.05) is 0 Å². The third-order valence-corrected chi connectivity index (χ3v) is 5.40. The largest absolute Gasteiger partial charge is 0.495 e. The Balaban J connectivity index is 2.00. The highest BCUT2D eigenvalue weighted by Crippen LogP contribution is 2.22. The number of halogens is 2. The summed E-state index contributed by atoms with van der Waals surface area (Å²) in [4.78, 5) is 24.8. The van der Waals surface area contributed by atoms with E-state index in [1.165, 1.54) is 36.0 Å². The Morgan fingerprint density at radius 2 is 2.00 bits per heavy atom. The molecule has 1 amide bonds. The van der Waals surface area contributed by atoms with Crippen LogP contribution in [0.1, 0.15) is 5.56 Å². The number of hydrogen-bond donors (Lipinski definition) is 1. The number of para-hydroxylation sites is 2. The molecule has 0 bridgehead atoms. The molecule has 1 heterocycles. The molecule has 0 aliphatic rings. The Kier molecular flexibility index (Phi) is 5.96. The van der Waals surface area contributed by atoms with Gasteiger partial charge in [0.1, 0.15) is 16.2 Å². The van der Waals surface area contributed by atoms with Gasteiger partial charge in [0.05, 0.1) is 22.4 Å². The van der Waals surface area contributed by atoms with Gasteiger partial charge in [-0.3, -0.25) is 9.59 Å². The lowest BCUT2D eigenvalue weighted by Crippen LogP contribution is -2.29. The lowest BCUT2D eigenvalue weighted by molar-refractivity contribution is -0.110. The van der Waals surface area contributed by atoms with Crippen molar-refractivity contribution in [2.24, 2.45) is 7.05 Å². The van der Waals surface area contributed by atoms with Gasteiger partial charge in [-0.15, -0.1) is 11.3 Å². The van der Waals surface area contributed by atoms with Gasteiger partial charge in [-0.25, -0.2) is 4.39 Å². The van der Waals surface area contributed by atoms with Crippen molar-refractivity contribution in [1.29, 1.82) is 0 Å². The van der Waals surface area contributed by atoms with Crippen LogP contribution >= 0.6 is 22.9 Å². The molecule has 2 aromatic carbocycles. The van der Waals surface area contributed by atoms with Crippen LogP contribution in [0, 0.1) is 5.82 Å². The number of amides is 1. The quantitative estimate of drug-likeness (QED) is 0.708. The van der Waals surface area contributed by atoms with Crippen molar-refractivity contribution < 1.29 is 13.9 Å². The van der Waals surface area contributed by atoms with Crippen LogP contribution in [0.15, 0.2) is 47.3 Å². The zero-order valence-corrected chi connectivity index (χ0v) is 16.6. The summed E-state index contributed by atoms with van der Waals surface area (Å²) in [5.41, 5.74) is 0.298. The highest BCUT2D eigenvalue weighted by molar-refractivity contribution is 7.07. The maximum absolute atomic E-state index is 14.0. The molecular weight excluding hydrogens is 403 g/mol. The third kappa shape index (κ3) is 4.16. The highest BCUT2D eigenvalue weighted by atomic mass is 35.5. The van der Waals surface area contributed by atoms with E-state index in [1.54, 1.807) is 37.4 Å². The average Bonchev–Trinajstić information content (AvgIpc) is 2.93. The lowest BCUT2D eigenvalue weighted by atomic mass is 10.2. The van der Waals surface area contributed by atoms with Crippen molar-refractivity contribution in [2.75, 3.05) is 12.4 Å². The first-order valence-electron chi connectivity index (χ1n) is 8.18. The summed E-state index contributed by atoms with van der Waals surface area (Å²) in [7, 11) is 3.05. The first kappa shape index (κ1) is 19.9. The molecule has 0 aliphatic carbocycles. The predicted molar refractivity (Wildman–Crippen MR) is 110 cm³/mol. The summed E-state index contributed by atoms with van der Waals surface area (Å²) in [6.07, 6.45) is 2.69. The standard InChI is InChI=1S/C20H16ClFN2O3S/c1-24-19(11-18(25)23-15-8-3-4-9-16(15)27-2)28-17(20(24)26)10-12-13(21)6-5-7-14(12)22/h3-11H,1-2H3,(H,23,25)/b17-10-,19-11+. The third-order valence-electron chi connectivity index (χ3n) is 3.96. The molecule has 28 heavy (non-hydrogen) atoms. The first-order chi connectivity index (χ1) is 13.4. The highest BCUT2D eigenvalue weighted by Gasteiger charge is 2.08. The fourth-order valence-corrected chi connectivity index (χ4v) is 3.75. The van der Waals surface area contributed by atoms with Gasteiger partial charge < -0.3 is 14.6 Å². The van der Waals surface area contributed by atoms with Gasteiger partial charge in [-0.1, -0.05) is 29.8 Å². The smallest absolute Gasteiger partial charge is 0.268 e. The van der Waals surface area contributed by atoms with Crippen molar-refractivity contribution in [1.82, 2.24) is 4.57 Å². The molecule has 144 valence electrons. The van der Waals surface area contributed by atoms with Crippen LogP contribution < -0.4 is 24.8 Å². The number of carbonyl (C=O) groups excluding carboxylic acids is 1. The maximum atomic E-state index is 14.0. The molecule has 1 N–H and O–H groups in total. The number of hydrogen-bond acceptors (Lipinski definition) is 4. The second-order valence-electron chi connectivity index (χ2n) is 5.78. The number of anilines is 1. The van der Waals surface area contributed by atoms with E-state index in [0.717, 1.165) is 11.3 Å². The van der Waals surface area contributed by atoms with Crippen LogP contribution in [0.3, 0.4) is 0 Å². The van der Waals surface area contributed by atoms with Crippen molar-refractivity contribution in [2.45, 2.75) is 0 Å². The van der Waals surface area contributed by atoms with E-state index in [9.17, 15) is 14.0 Å². The van der Waals surface area contributed by atoms with Crippen molar-refractivity contribution >= 4 is 46.7 Å². The van der Waals surface area contributed by atoms with Gasteiger partial charge in [-0.2, -0.15) is 0 Å². The Hall–Kier alpha value is -2.90. The SMILES string of the molecule is COc1ccccc1NC(=O)/C=c1/s/c(=C\c2c(F)cccc2Cl)c(=O)n1C. The predicted octanol–water partition coefficient (Wildman–Crippen LogP) is 2.50. The molecule has 0 saturated carbocycles. The van der Waals surface area contributed by atoms with Gasteiger partial charge in [-0.05, 0) is 30.3 Å². The van der Waals surface area contributed by atoms with Crippen molar-refractivity contribution in [3.05, 3.63) is 78.4 Å². The zero-order valence-electron chi connectivity index (χ0n) is 15.0. The number of nitrogens with zero attached hydrogens (tertiary/aromatic N) is 1. The molecule has 0 radical (unpaired) electrons. The number of aromatic nitrogens is 1. The molecule has 0 unspecified atom stereocenters. The fourth-order valence-electron chi connectivity index (χ4n) is 2.52. The number of benzene rings is 2. The van der Waals surface area contributed by atoms with Crippen LogP contribution in [0.2, 0.25) is 5.02 Å². The number of carbonyl (C=O) groups is 1. The molecule has 8 heteroatoms. The van der Waals surface area contributed by atoms with Crippen LogP contribution in [-0.2, 0) is 11.8 Å². The van der Waals surface area contributed by atoms with Gasteiger partial charge in [0.25, 0.3) is 11.5 Å². The number of ether oxygens (including phenoxy) is 1. The molecule has 0 aliphatic heterocycles. The normalized spacial score (nSPS) is 12.3. The molecule has 0 spiro atoms. The van der Waals surface area contributed by atoms with Gasteiger partial charge in [0.15, 0.2) is 0 Å². The van der Waals surface area contributed by atoms with Crippen LogP contribution in [0.5, 0.6) is 5.75 Å². The molecular formula is C20H16ClFN2O3S. The number of thiazole rings is 1. The lowest BCUT2D eigenvalue weighted by Gasteiger charge is -2.07. The van der Waals surface area contributed by atoms with E-state index >= 15 is 0 Å². The molecule has 3 rings (SSSR count). The van der Waals surface area contributed by atoms with Crippen LogP contribution in [-0.4, -0.2) is 17.6 Å². The summed E-state index contributed by atoms with van der Waals surface area (Å²) in [6.45, 7) is 0. The van der Waals surface area contributed by atoms with Crippen LogP contribution in [0.25, 0.3) is 12.2 Å². The van der Waals surface area contributed by atoms with Crippen molar-refractivity contribution in [3.8, 4) is 5.75 Å². The van der Waals surface area contributed by atoms with E-state index in [0.29, 0.717) is 16.1 Å². The summed E-state index contributed by atoms with van der Waals surface area (Å²) >= 11 is 7.09.